The number of nitrogen functional groups attached to an aromatic ring is 1. The zero-order valence-electron chi connectivity index (χ0n) is 17.5. The molecule has 0 radical (unpaired) electrons. The van der Waals surface area contributed by atoms with E-state index in [4.69, 9.17) is 15.9 Å². The average molecular weight is 430 g/mol. The summed E-state index contributed by atoms with van der Waals surface area (Å²) in [7, 11) is 1.60. The van der Waals surface area contributed by atoms with Crippen LogP contribution in [-0.4, -0.2) is 37.7 Å². The number of aromatic amines is 1. The number of aryl methyl sites for hydroxylation is 1. The van der Waals surface area contributed by atoms with Crippen LogP contribution < -0.4 is 21.5 Å². The lowest BCUT2D eigenvalue weighted by Crippen LogP contribution is -2.18. The molecule has 0 saturated heterocycles. The summed E-state index contributed by atoms with van der Waals surface area (Å²) in [5, 5.41) is 15.4. The zero-order chi connectivity index (χ0) is 22.7. The minimum Gasteiger partial charge on any atom is -0.497 e. The summed E-state index contributed by atoms with van der Waals surface area (Å²) in [5.41, 5.74) is 8.30. The highest BCUT2D eigenvalue weighted by Crippen LogP contribution is 2.28. The Morgan fingerprint density at radius 1 is 1.19 bits per heavy atom. The van der Waals surface area contributed by atoms with E-state index in [1.165, 1.54) is 0 Å². The van der Waals surface area contributed by atoms with E-state index in [2.05, 4.69) is 25.4 Å². The number of hydrogen-bond donors (Lipinski definition) is 4. The Bertz CT molecular complexity index is 1300. The third kappa shape index (κ3) is 4.33. The molecule has 162 valence electrons. The molecule has 0 saturated carbocycles. The topological polar surface area (TPSA) is 148 Å². The van der Waals surface area contributed by atoms with Crippen LogP contribution in [0.3, 0.4) is 0 Å². The summed E-state index contributed by atoms with van der Waals surface area (Å²) < 4.78 is 6.55. The van der Waals surface area contributed by atoms with Crippen molar-refractivity contribution in [1.29, 1.82) is 5.41 Å². The molecule has 5 N–H and O–H groups in total. The number of H-pyrrole nitrogens is 1. The molecule has 0 fully saturated rings. The van der Waals surface area contributed by atoms with Crippen LogP contribution >= 0.6 is 0 Å². The molecule has 0 aliphatic rings. The molecule has 32 heavy (non-hydrogen) atoms. The van der Waals surface area contributed by atoms with Crippen LogP contribution in [0.2, 0.25) is 0 Å². The van der Waals surface area contributed by atoms with Crippen molar-refractivity contribution in [2.24, 2.45) is 5.73 Å². The molecule has 2 heterocycles. The second-order valence-corrected chi connectivity index (χ2v) is 7.13. The normalized spacial score (nSPS) is 11.7. The lowest BCUT2D eigenvalue weighted by atomic mass is 10.0. The lowest BCUT2D eigenvalue weighted by molar-refractivity contribution is 0.413. The Hall–Kier alpha value is -4.47. The van der Waals surface area contributed by atoms with E-state index in [1.807, 2.05) is 37.3 Å². The molecule has 0 bridgehead atoms. The smallest absolute Gasteiger partial charge is 0.350 e. The fraction of sp³-hybridized carbons (Fsp3) is 0.136. The monoisotopic (exact) mass is 430 g/mol. The van der Waals surface area contributed by atoms with Crippen LogP contribution in [0.5, 0.6) is 5.75 Å². The molecule has 10 nitrogen and oxygen atoms in total. The van der Waals surface area contributed by atoms with Gasteiger partial charge in [0, 0.05) is 23.6 Å². The van der Waals surface area contributed by atoms with Gasteiger partial charge in [0.1, 0.15) is 17.6 Å². The number of methoxy groups -OCH3 is 1. The maximum atomic E-state index is 12.6. The first-order chi connectivity index (χ1) is 15.4. The molecule has 1 unspecified atom stereocenters. The molecular formula is C22H22N8O2. The fourth-order valence-electron chi connectivity index (χ4n) is 3.29. The number of ether oxygens (including phenoxy) is 1. The summed E-state index contributed by atoms with van der Waals surface area (Å²) in [4.78, 5) is 23.6. The number of aromatic nitrogens is 5. The Morgan fingerprint density at radius 3 is 2.56 bits per heavy atom. The number of nitrogens with zero attached hydrogens (tertiary/aromatic N) is 4. The van der Waals surface area contributed by atoms with E-state index < -0.39 is 11.7 Å². The second kappa shape index (κ2) is 8.72. The Morgan fingerprint density at radius 2 is 1.91 bits per heavy atom. The van der Waals surface area contributed by atoms with Crippen LogP contribution in [0.25, 0.3) is 5.95 Å². The first-order valence-electron chi connectivity index (χ1n) is 9.78. The van der Waals surface area contributed by atoms with Gasteiger partial charge in [-0.1, -0.05) is 6.07 Å². The van der Waals surface area contributed by atoms with Crippen LogP contribution in [0.4, 0.5) is 5.69 Å². The standard InChI is InChI=1S/C22H22N8O2/c1-13-10-15(12-17(11-13)32-2)18(27-16-6-4-14(5-7-16)19(23)24)20-28-22(31)30(29-20)21-25-8-3-9-26-21/h3-12,18,27H,1-2H3,(H3,23,24)(H,28,29,31). The fourth-order valence-corrected chi connectivity index (χ4v) is 3.29. The van der Waals surface area contributed by atoms with Gasteiger partial charge in [-0.15, -0.1) is 9.78 Å². The second-order valence-electron chi connectivity index (χ2n) is 7.13. The summed E-state index contributed by atoms with van der Waals surface area (Å²) >= 11 is 0. The van der Waals surface area contributed by atoms with Crippen LogP contribution in [0, 0.1) is 12.3 Å². The molecule has 0 amide bonds. The number of benzene rings is 2. The van der Waals surface area contributed by atoms with Gasteiger partial charge in [-0.2, -0.15) is 0 Å². The number of amidine groups is 1. The summed E-state index contributed by atoms with van der Waals surface area (Å²) in [6.07, 6.45) is 3.09. The van der Waals surface area contributed by atoms with Crippen molar-refractivity contribution in [3.8, 4) is 11.7 Å². The average Bonchev–Trinajstić information content (AvgIpc) is 3.19. The van der Waals surface area contributed by atoms with Crippen molar-refractivity contribution >= 4 is 11.5 Å². The maximum absolute atomic E-state index is 12.6. The van der Waals surface area contributed by atoms with Gasteiger partial charge >= 0.3 is 5.69 Å². The van der Waals surface area contributed by atoms with Crippen LogP contribution in [-0.2, 0) is 0 Å². The van der Waals surface area contributed by atoms with E-state index in [1.54, 1.807) is 37.7 Å². The maximum Gasteiger partial charge on any atom is 0.350 e. The van der Waals surface area contributed by atoms with Gasteiger partial charge in [0.15, 0.2) is 5.82 Å². The van der Waals surface area contributed by atoms with Gasteiger partial charge in [0.2, 0.25) is 0 Å². The Labute approximate surface area is 183 Å². The van der Waals surface area contributed by atoms with E-state index in [-0.39, 0.29) is 11.8 Å². The number of hydrogen-bond acceptors (Lipinski definition) is 7. The quantitative estimate of drug-likeness (QED) is 0.259. The highest BCUT2D eigenvalue weighted by atomic mass is 16.5. The highest BCUT2D eigenvalue weighted by Gasteiger charge is 2.22. The molecular weight excluding hydrogens is 408 g/mol. The summed E-state index contributed by atoms with van der Waals surface area (Å²) in [6, 6.07) is 14.1. The number of nitrogens with one attached hydrogen (secondary N) is 3. The van der Waals surface area contributed by atoms with Crippen molar-refractivity contribution in [2.45, 2.75) is 13.0 Å². The number of nitrogens with two attached hydrogens (primary N) is 1. The van der Waals surface area contributed by atoms with Gasteiger partial charge in [0.05, 0.1) is 7.11 Å². The molecule has 10 heteroatoms. The SMILES string of the molecule is COc1cc(C)cc(C(Nc2ccc(C(=N)N)cc2)c2nn(-c3ncccn3)c(=O)[nH]2)c1. The van der Waals surface area contributed by atoms with Crippen LogP contribution in [0.15, 0.2) is 65.7 Å². The summed E-state index contributed by atoms with van der Waals surface area (Å²) in [5.74, 6) is 1.23. The summed E-state index contributed by atoms with van der Waals surface area (Å²) in [6.45, 7) is 1.96. The minimum absolute atomic E-state index is 0.0116. The molecule has 4 aromatic rings. The van der Waals surface area contributed by atoms with E-state index in [0.717, 1.165) is 21.5 Å². The van der Waals surface area contributed by atoms with Crippen molar-refractivity contribution in [1.82, 2.24) is 24.7 Å². The Balaban J connectivity index is 1.78. The number of rotatable bonds is 7. The first-order valence-corrected chi connectivity index (χ1v) is 9.78. The van der Waals surface area contributed by atoms with Gasteiger partial charge in [-0.05, 0) is 60.5 Å². The molecule has 0 spiro atoms. The first kappa shape index (κ1) is 20.8. The number of anilines is 1. The predicted molar refractivity (Wildman–Crippen MR) is 120 cm³/mol. The van der Waals surface area contributed by atoms with E-state index >= 15 is 0 Å². The van der Waals surface area contributed by atoms with Crippen molar-refractivity contribution in [3.63, 3.8) is 0 Å². The van der Waals surface area contributed by atoms with Crippen LogP contribution in [0.1, 0.15) is 28.6 Å². The molecule has 0 aliphatic carbocycles. The van der Waals surface area contributed by atoms with E-state index in [9.17, 15) is 4.79 Å². The largest absolute Gasteiger partial charge is 0.497 e. The third-order valence-electron chi connectivity index (χ3n) is 4.80. The van der Waals surface area contributed by atoms with E-state index in [0.29, 0.717) is 17.1 Å². The van der Waals surface area contributed by atoms with Crippen molar-refractivity contribution in [3.05, 3.63) is 93.9 Å². The zero-order valence-corrected chi connectivity index (χ0v) is 17.5. The molecule has 4 rings (SSSR count). The molecule has 2 aromatic heterocycles. The third-order valence-corrected chi connectivity index (χ3v) is 4.80. The van der Waals surface area contributed by atoms with Gasteiger partial charge in [-0.3, -0.25) is 10.4 Å². The minimum atomic E-state index is -0.510. The highest BCUT2D eigenvalue weighted by molar-refractivity contribution is 5.95. The van der Waals surface area contributed by atoms with Crippen molar-refractivity contribution in [2.75, 3.05) is 12.4 Å². The molecule has 1 atom stereocenters. The van der Waals surface area contributed by atoms with Gasteiger partial charge < -0.3 is 15.8 Å². The molecule has 0 aliphatic heterocycles. The van der Waals surface area contributed by atoms with Gasteiger partial charge in [0.25, 0.3) is 5.95 Å². The van der Waals surface area contributed by atoms with Gasteiger partial charge in [-0.25, -0.2) is 14.8 Å². The molecule has 2 aromatic carbocycles. The predicted octanol–water partition coefficient (Wildman–Crippen LogP) is 2.15. The van der Waals surface area contributed by atoms with Crippen molar-refractivity contribution < 1.29 is 4.74 Å². The lowest BCUT2D eigenvalue weighted by Gasteiger charge is -2.19. The Kier molecular flexibility index (Phi) is 5.67.